The molecule has 1 aromatic rings. The van der Waals surface area contributed by atoms with Crippen molar-refractivity contribution < 1.29 is 4.79 Å². The molecule has 0 saturated heterocycles. The van der Waals surface area contributed by atoms with Crippen LogP contribution >= 0.6 is 0 Å². The van der Waals surface area contributed by atoms with Crippen LogP contribution in [0.15, 0.2) is 24.3 Å². The number of Topliss-reactive ketones (excluding diaryl/α,β-unsaturated/α-hetero) is 1. The molecular formula is C21H40O. The maximum atomic E-state index is 9.44. The van der Waals surface area contributed by atoms with Gasteiger partial charge in [-0.15, -0.1) is 0 Å². The molecule has 0 radical (unpaired) electrons. The van der Waals surface area contributed by atoms with Gasteiger partial charge < -0.3 is 4.79 Å². The van der Waals surface area contributed by atoms with Crippen LogP contribution in [0.3, 0.4) is 0 Å². The Hall–Kier alpha value is -1.11. The Morgan fingerprint density at radius 1 is 1.00 bits per heavy atom. The van der Waals surface area contributed by atoms with Gasteiger partial charge in [-0.1, -0.05) is 90.6 Å². The molecule has 1 rings (SSSR count). The average Bonchev–Trinajstić information content (AvgIpc) is 2.39. The third-order valence-corrected chi connectivity index (χ3v) is 2.20. The molecule has 0 saturated carbocycles. The molecule has 0 amide bonds. The van der Waals surface area contributed by atoms with E-state index in [0.29, 0.717) is 0 Å². The molecule has 0 aromatic heterocycles. The lowest BCUT2D eigenvalue weighted by molar-refractivity contribution is -0.114. The number of carbonyl (C=O) groups excluding carboxylic acids is 1. The van der Waals surface area contributed by atoms with Crippen LogP contribution in [-0.4, -0.2) is 5.78 Å². The highest BCUT2D eigenvalue weighted by Gasteiger charge is 1.85. The summed E-state index contributed by atoms with van der Waals surface area (Å²) in [4.78, 5) is 9.44. The predicted octanol–water partition coefficient (Wildman–Crippen LogP) is 7.01. The van der Waals surface area contributed by atoms with Gasteiger partial charge in [-0.2, -0.15) is 0 Å². The fourth-order valence-corrected chi connectivity index (χ4v) is 1.29. The van der Waals surface area contributed by atoms with E-state index in [-0.39, 0.29) is 5.78 Å². The average molecular weight is 309 g/mol. The van der Waals surface area contributed by atoms with Gasteiger partial charge in [0.25, 0.3) is 0 Å². The summed E-state index contributed by atoms with van der Waals surface area (Å²) in [6.07, 6.45) is 5.22. The van der Waals surface area contributed by atoms with Crippen LogP contribution in [0.4, 0.5) is 0 Å². The highest BCUT2D eigenvalue weighted by atomic mass is 16.1. The van der Waals surface area contributed by atoms with Gasteiger partial charge in [0.05, 0.1) is 0 Å². The molecule has 0 aliphatic rings. The Labute approximate surface area is 140 Å². The second-order valence-electron chi connectivity index (χ2n) is 6.34. The summed E-state index contributed by atoms with van der Waals surface area (Å²) in [5, 5.41) is 0. The minimum absolute atomic E-state index is 0.167. The number of benzene rings is 1. The normalized spacial score (nSPS) is 8.64. The van der Waals surface area contributed by atoms with Crippen molar-refractivity contribution in [3.63, 3.8) is 0 Å². The van der Waals surface area contributed by atoms with Crippen molar-refractivity contribution in [1.82, 2.24) is 0 Å². The zero-order valence-corrected chi connectivity index (χ0v) is 16.6. The molecule has 0 spiro atoms. The van der Waals surface area contributed by atoms with Gasteiger partial charge in [0.2, 0.25) is 0 Å². The molecule has 1 aromatic carbocycles. The summed E-state index contributed by atoms with van der Waals surface area (Å²) in [7, 11) is 0. The van der Waals surface area contributed by atoms with Gasteiger partial charge >= 0.3 is 0 Å². The Morgan fingerprint density at radius 2 is 1.41 bits per heavy atom. The van der Waals surface area contributed by atoms with Crippen molar-refractivity contribution in [2.45, 2.75) is 88.0 Å². The molecule has 0 heterocycles. The fraction of sp³-hybridized carbons (Fsp3) is 0.667. The topological polar surface area (TPSA) is 17.1 Å². The van der Waals surface area contributed by atoms with E-state index in [1.165, 1.54) is 44.2 Å². The summed E-state index contributed by atoms with van der Waals surface area (Å²) >= 11 is 0. The number of ketones is 1. The number of rotatable bonds is 3. The van der Waals surface area contributed by atoms with Crippen molar-refractivity contribution in [3.05, 3.63) is 35.4 Å². The van der Waals surface area contributed by atoms with Crippen molar-refractivity contribution in [2.24, 2.45) is 5.92 Å². The first kappa shape index (κ1) is 25.8. The standard InChI is InChI=1S/C9H12.C5H12.C4H10.C3H6O/c1-3-9-6-4-5-8(2)7-9;1-3-5-4-2;1-4(2)3;1-3(2)4/h4-7H,3H2,1-2H3;3-5H2,1-2H3;4H,1-3H3;1-2H3. The van der Waals surface area contributed by atoms with Crippen LogP contribution in [0, 0.1) is 12.8 Å². The van der Waals surface area contributed by atoms with Crippen LogP contribution in [-0.2, 0) is 11.2 Å². The maximum absolute atomic E-state index is 9.44. The molecule has 0 unspecified atom stereocenters. The number of hydrogen-bond donors (Lipinski definition) is 0. The van der Waals surface area contributed by atoms with Crippen LogP contribution in [0.2, 0.25) is 0 Å². The van der Waals surface area contributed by atoms with Gasteiger partial charge in [0.15, 0.2) is 0 Å². The van der Waals surface area contributed by atoms with E-state index < -0.39 is 0 Å². The minimum Gasteiger partial charge on any atom is -0.300 e. The summed E-state index contributed by atoms with van der Waals surface area (Å²) in [6, 6.07) is 8.61. The lowest BCUT2D eigenvalue weighted by Gasteiger charge is -1.95. The third-order valence-electron chi connectivity index (χ3n) is 2.20. The second-order valence-corrected chi connectivity index (χ2v) is 6.34. The number of carbonyl (C=O) groups is 1. The zero-order valence-electron chi connectivity index (χ0n) is 16.6. The van der Waals surface area contributed by atoms with E-state index in [1.54, 1.807) is 0 Å². The van der Waals surface area contributed by atoms with Gasteiger partial charge in [-0.25, -0.2) is 0 Å². The van der Waals surface area contributed by atoms with Gasteiger partial charge in [-0.05, 0) is 38.7 Å². The lowest BCUT2D eigenvalue weighted by Crippen LogP contribution is -1.78. The van der Waals surface area contributed by atoms with Crippen molar-refractivity contribution in [2.75, 3.05) is 0 Å². The molecule has 0 bridgehead atoms. The highest BCUT2D eigenvalue weighted by molar-refractivity contribution is 5.72. The van der Waals surface area contributed by atoms with E-state index in [1.807, 2.05) is 0 Å². The molecule has 130 valence electrons. The van der Waals surface area contributed by atoms with Crippen LogP contribution < -0.4 is 0 Å². The molecule has 1 nitrogen and oxygen atoms in total. The third kappa shape index (κ3) is 36.4. The molecule has 22 heavy (non-hydrogen) atoms. The van der Waals surface area contributed by atoms with Crippen molar-refractivity contribution in [3.8, 4) is 0 Å². The van der Waals surface area contributed by atoms with Gasteiger partial charge in [0, 0.05) is 0 Å². The highest BCUT2D eigenvalue weighted by Crippen LogP contribution is 2.03. The van der Waals surface area contributed by atoms with Crippen molar-refractivity contribution in [1.29, 1.82) is 0 Å². The molecule has 0 aliphatic heterocycles. The fourth-order valence-electron chi connectivity index (χ4n) is 1.29. The van der Waals surface area contributed by atoms with Crippen LogP contribution in [0.5, 0.6) is 0 Å². The number of hydrogen-bond acceptors (Lipinski definition) is 1. The molecular weight excluding hydrogens is 268 g/mol. The van der Waals surface area contributed by atoms with Gasteiger partial charge in [0.1, 0.15) is 5.78 Å². The van der Waals surface area contributed by atoms with Crippen LogP contribution in [0.1, 0.15) is 85.8 Å². The smallest absolute Gasteiger partial charge is 0.126 e. The van der Waals surface area contributed by atoms with E-state index >= 15 is 0 Å². The zero-order chi connectivity index (χ0) is 18.0. The number of aryl methyl sites for hydroxylation is 2. The Balaban J connectivity index is -0.000000240. The molecule has 1 heteroatoms. The first-order valence-corrected chi connectivity index (χ1v) is 8.73. The predicted molar refractivity (Wildman–Crippen MR) is 103 cm³/mol. The summed E-state index contributed by atoms with van der Waals surface area (Å²) < 4.78 is 0. The first-order valence-electron chi connectivity index (χ1n) is 8.73. The minimum atomic E-state index is 0.167. The summed E-state index contributed by atoms with van der Waals surface area (Å²) in [5.74, 6) is 1.00. The van der Waals surface area contributed by atoms with E-state index in [4.69, 9.17) is 0 Å². The van der Waals surface area contributed by atoms with Crippen LogP contribution in [0.25, 0.3) is 0 Å². The summed E-state index contributed by atoms with van der Waals surface area (Å²) in [6.45, 7) is 18.3. The molecule has 0 aliphatic carbocycles. The quantitative estimate of drug-likeness (QED) is 0.586. The first-order chi connectivity index (χ1) is 10.2. The largest absolute Gasteiger partial charge is 0.300 e. The Kier molecular flexibility index (Phi) is 23.3. The van der Waals surface area contributed by atoms with E-state index in [2.05, 4.69) is 72.7 Å². The Morgan fingerprint density at radius 3 is 1.59 bits per heavy atom. The second kappa shape index (κ2) is 19.9. The van der Waals surface area contributed by atoms with Crippen molar-refractivity contribution >= 4 is 5.78 Å². The monoisotopic (exact) mass is 308 g/mol. The molecule has 0 atom stereocenters. The molecule has 0 fully saturated rings. The number of unbranched alkanes of at least 4 members (excludes halogenated alkanes) is 2. The lowest BCUT2D eigenvalue weighted by atomic mass is 10.1. The van der Waals surface area contributed by atoms with Gasteiger partial charge in [-0.3, -0.25) is 0 Å². The molecule has 0 N–H and O–H groups in total. The SMILES string of the molecule is CC(C)=O.CC(C)C.CCCCC.CCc1cccc(C)c1. The van der Waals surface area contributed by atoms with E-state index in [9.17, 15) is 4.79 Å². The summed E-state index contributed by atoms with van der Waals surface area (Å²) in [5.41, 5.74) is 2.78. The Bertz CT molecular complexity index is 331. The maximum Gasteiger partial charge on any atom is 0.126 e. The van der Waals surface area contributed by atoms with E-state index in [0.717, 1.165) is 12.3 Å².